The maximum atomic E-state index is 12.7. The highest BCUT2D eigenvalue weighted by Gasteiger charge is 2.26. The zero-order valence-corrected chi connectivity index (χ0v) is 38.3. The van der Waals surface area contributed by atoms with Crippen LogP contribution in [0.25, 0.3) is 0 Å². The lowest BCUT2D eigenvalue weighted by Crippen LogP contribution is -2.37. The molecule has 1 N–H and O–H groups in total. The van der Waals surface area contributed by atoms with Crippen LogP contribution in [0, 0.1) is 0 Å². The van der Waals surface area contributed by atoms with Gasteiger partial charge in [0.2, 0.25) is 0 Å². The molecule has 9 heteroatoms. The first-order chi connectivity index (χ1) is 27.1. The van der Waals surface area contributed by atoms with Gasteiger partial charge in [0, 0.05) is 13.0 Å². The molecule has 0 aromatic rings. The first kappa shape index (κ1) is 54.7. The molecule has 0 heterocycles. The van der Waals surface area contributed by atoms with Crippen molar-refractivity contribution in [2.75, 3.05) is 54.1 Å². The minimum atomic E-state index is -4.28. The van der Waals surface area contributed by atoms with Gasteiger partial charge >= 0.3 is 13.8 Å². The number of ether oxygens (including phenoxy) is 2. The molecule has 0 rings (SSSR count). The molecule has 0 saturated heterocycles. The summed E-state index contributed by atoms with van der Waals surface area (Å²) in [5.74, 6) is -0.328. The Balaban J connectivity index is 4.21. The van der Waals surface area contributed by atoms with E-state index in [1.54, 1.807) is 0 Å². The smallest absolute Gasteiger partial charge is 0.457 e. The van der Waals surface area contributed by atoms with E-state index in [0.717, 1.165) is 57.8 Å². The van der Waals surface area contributed by atoms with Crippen LogP contribution >= 0.6 is 7.82 Å². The van der Waals surface area contributed by atoms with E-state index in [-0.39, 0.29) is 25.8 Å². The number of allylic oxidation sites excluding steroid dienone is 6. The third-order valence-electron chi connectivity index (χ3n) is 9.92. The van der Waals surface area contributed by atoms with Crippen molar-refractivity contribution in [2.45, 2.75) is 206 Å². The van der Waals surface area contributed by atoms with Gasteiger partial charge in [-0.2, -0.15) is 0 Å². The van der Waals surface area contributed by atoms with Crippen LogP contribution in [0.3, 0.4) is 0 Å². The zero-order valence-electron chi connectivity index (χ0n) is 37.4. The average molecular weight is 813 g/mol. The van der Waals surface area contributed by atoms with Crippen LogP contribution in [0.5, 0.6) is 0 Å². The molecular formula is C47H91NO7P+. The van der Waals surface area contributed by atoms with Gasteiger partial charge in [0.25, 0.3) is 0 Å². The normalized spacial score (nSPS) is 14.0. The molecular weight excluding hydrogens is 721 g/mol. The molecule has 0 bridgehead atoms. The predicted molar refractivity (Wildman–Crippen MR) is 238 cm³/mol. The topological polar surface area (TPSA) is 91.3 Å². The summed E-state index contributed by atoms with van der Waals surface area (Å²) in [6.07, 6.45) is 47.5. The molecule has 330 valence electrons. The lowest BCUT2D eigenvalue weighted by molar-refractivity contribution is -0.870. The maximum absolute atomic E-state index is 12.7. The van der Waals surface area contributed by atoms with E-state index in [1.807, 2.05) is 21.1 Å². The molecule has 0 aliphatic carbocycles. The van der Waals surface area contributed by atoms with Gasteiger partial charge in [0.05, 0.1) is 34.4 Å². The van der Waals surface area contributed by atoms with Gasteiger partial charge in [0.15, 0.2) is 0 Å². The number of carbonyl (C=O) groups excluding carboxylic acids is 1. The number of hydrogen-bond donors (Lipinski definition) is 1. The molecule has 56 heavy (non-hydrogen) atoms. The van der Waals surface area contributed by atoms with Gasteiger partial charge in [-0.15, -0.1) is 0 Å². The highest BCUT2D eigenvalue weighted by atomic mass is 31.2. The molecule has 0 aliphatic rings. The van der Waals surface area contributed by atoms with Crippen LogP contribution in [0.2, 0.25) is 0 Å². The molecule has 8 nitrogen and oxygen atoms in total. The van der Waals surface area contributed by atoms with Gasteiger partial charge in [-0.25, -0.2) is 4.57 Å². The molecule has 0 aromatic heterocycles. The molecule has 0 saturated carbocycles. The molecule has 2 unspecified atom stereocenters. The first-order valence-electron chi connectivity index (χ1n) is 23.2. The second-order valence-corrected chi connectivity index (χ2v) is 18.2. The summed E-state index contributed by atoms with van der Waals surface area (Å²) in [5, 5.41) is 0. The second kappa shape index (κ2) is 40.5. The van der Waals surface area contributed by atoms with E-state index < -0.39 is 13.9 Å². The summed E-state index contributed by atoms with van der Waals surface area (Å²) in [7, 11) is 1.66. The highest BCUT2D eigenvalue weighted by Crippen LogP contribution is 2.43. The Bertz CT molecular complexity index is 994. The molecule has 0 radical (unpaired) electrons. The summed E-state index contributed by atoms with van der Waals surface area (Å²) in [4.78, 5) is 22.9. The van der Waals surface area contributed by atoms with Gasteiger partial charge in [-0.3, -0.25) is 13.8 Å². The maximum Gasteiger partial charge on any atom is 0.472 e. The number of phosphoric ester groups is 1. The Morgan fingerprint density at radius 3 is 1.50 bits per heavy atom. The monoisotopic (exact) mass is 813 g/mol. The number of nitrogens with zero attached hydrogens (tertiary/aromatic N) is 1. The molecule has 0 aromatic carbocycles. The lowest BCUT2D eigenvalue weighted by Gasteiger charge is -2.24. The molecule has 0 amide bonds. The van der Waals surface area contributed by atoms with Crippen LogP contribution in [0.15, 0.2) is 36.5 Å². The van der Waals surface area contributed by atoms with Crippen LogP contribution in [-0.2, 0) is 27.9 Å². The number of rotatable bonds is 43. The van der Waals surface area contributed by atoms with Crippen LogP contribution in [0.4, 0.5) is 0 Å². The van der Waals surface area contributed by atoms with Gasteiger partial charge in [0.1, 0.15) is 19.3 Å². The minimum Gasteiger partial charge on any atom is -0.457 e. The van der Waals surface area contributed by atoms with Crippen molar-refractivity contribution in [2.24, 2.45) is 0 Å². The summed E-state index contributed by atoms with van der Waals surface area (Å²) in [5.41, 5.74) is 0. The van der Waals surface area contributed by atoms with Crippen molar-refractivity contribution in [1.29, 1.82) is 0 Å². The Hall–Kier alpha value is -1.28. The molecule has 0 fully saturated rings. The zero-order chi connectivity index (χ0) is 41.3. The minimum absolute atomic E-state index is 0.0851. The number of carbonyl (C=O) groups is 1. The van der Waals surface area contributed by atoms with E-state index in [1.165, 1.54) is 122 Å². The van der Waals surface area contributed by atoms with Crippen molar-refractivity contribution in [1.82, 2.24) is 0 Å². The summed E-state index contributed by atoms with van der Waals surface area (Å²) in [6, 6.07) is 0. The summed E-state index contributed by atoms with van der Waals surface area (Å²) >= 11 is 0. The fourth-order valence-electron chi connectivity index (χ4n) is 6.28. The third kappa shape index (κ3) is 43.8. The second-order valence-electron chi connectivity index (χ2n) is 16.8. The van der Waals surface area contributed by atoms with Crippen LogP contribution < -0.4 is 0 Å². The van der Waals surface area contributed by atoms with Gasteiger partial charge in [-0.1, -0.05) is 159 Å². The summed E-state index contributed by atoms with van der Waals surface area (Å²) < 4.78 is 35.0. The van der Waals surface area contributed by atoms with E-state index in [4.69, 9.17) is 18.5 Å². The SMILES string of the molecule is CCCCC/C=C\C/C=C\CCCCCCCC(=O)OC(COCCCCCCCCCC/C=C\CCCCCCCCC)COP(=O)(O)OCC[N+](C)(C)C. The van der Waals surface area contributed by atoms with Gasteiger partial charge in [-0.05, 0) is 70.6 Å². The Morgan fingerprint density at radius 1 is 0.554 bits per heavy atom. The standard InChI is InChI=1S/C47H90NO7P/c1-6-8-10-12-14-16-18-20-22-23-24-25-27-29-31-33-35-37-39-42-52-44-46(45-54-56(50,51)53-43-41-48(3,4)5)55-47(49)40-38-36-34-32-30-28-26-21-19-17-15-13-11-9-7-2/h15,17,21-23,26,46H,6-14,16,18-20,24-25,27-45H2,1-5H3/p+1/b17-15-,23-22-,26-21-. The number of likely N-dealkylation sites (N-methyl/N-ethyl adjacent to an activating group) is 1. The number of phosphoric acid groups is 1. The highest BCUT2D eigenvalue weighted by molar-refractivity contribution is 7.47. The molecule has 0 spiro atoms. The van der Waals surface area contributed by atoms with Crippen molar-refractivity contribution in [3.8, 4) is 0 Å². The van der Waals surface area contributed by atoms with Crippen LogP contribution in [0.1, 0.15) is 200 Å². The number of quaternary nitrogens is 1. The van der Waals surface area contributed by atoms with E-state index in [2.05, 4.69) is 50.3 Å². The van der Waals surface area contributed by atoms with Gasteiger partial charge < -0.3 is 18.9 Å². The van der Waals surface area contributed by atoms with Crippen molar-refractivity contribution in [3.05, 3.63) is 36.5 Å². The predicted octanol–water partition coefficient (Wildman–Crippen LogP) is 13.8. The lowest BCUT2D eigenvalue weighted by atomic mass is 10.1. The molecule has 2 atom stereocenters. The van der Waals surface area contributed by atoms with Crippen molar-refractivity contribution < 1.29 is 37.3 Å². The van der Waals surface area contributed by atoms with Crippen molar-refractivity contribution in [3.63, 3.8) is 0 Å². The van der Waals surface area contributed by atoms with E-state index >= 15 is 0 Å². The van der Waals surface area contributed by atoms with E-state index in [9.17, 15) is 14.3 Å². The quantitative estimate of drug-likeness (QED) is 0.0215. The Kier molecular flexibility index (Phi) is 39.6. The Labute approximate surface area is 346 Å². The first-order valence-corrected chi connectivity index (χ1v) is 24.7. The average Bonchev–Trinajstić information content (AvgIpc) is 3.15. The number of unbranched alkanes of at least 4 members (excludes halogenated alkanes) is 23. The van der Waals surface area contributed by atoms with E-state index in [0.29, 0.717) is 24.1 Å². The Morgan fingerprint density at radius 2 is 0.982 bits per heavy atom. The number of esters is 1. The fraction of sp³-hybridized carbons (Fsp3) is 0.851. The molecule has 0 aliphatic heterocycles. The number of hydrogen-bond acceptors (Lipinski definition) is 6. The fourth-order valence-corrected chi connectivity index (χ4v) is 7.02. The summed E-state index contributed by atoms with van der Waals surface area (Å²) in [6.45, 7) is 5.58. The van der Waals surface area contributed by atoms with Crippen molar-refractivity contribution >= 4 is 13.8 Å². The third-order valence-corrected chi connectivity index (χ3v) is 10.9. The largest absolute Gasteiger partial charge is 0.472 e. The van der Waals surface area contributed by atoms with Crippen LogP contribution in [-0.4, -0.2) is 75.6 Å².